The summed E-state index contributed by atoms with van der Waals surface area (Å²) >= 11 is 2.08. The Kier molecular flexibility index (Phi) is 21.6. The molecule has 1 unspecified atom stereocenters. The average Bonchev–Trinajstić information content (AvgIpc) is 3.28. The van der Waals surface area contributed by atoms with Crippen LogP contribution in [0.3, 0.4) is 0 Å². The number of carboxylic acids is 2. The molecule has 0 bridgehead atoms. The average molecular weight is 473 g/mol. The molecule has 0 fully saturated rings. The fourth-order valence-electron chi connectivity index (χ4n) is 3.08. The molecule has 2 N–H and O–H groups in total. The van der Waals surface area contributed by atoms with E-state index in [-0.39, 0.29) is 0 Å². The molecule has 0 saturated carbocycles. The maximum atomic E-state index is 9.10. The van der Waals surface area contributed by atoms with E-state index >= 15 is 0 Å². The minimum Gasteiger partial charge on any atom is -0.473 e. The van der Waals surface area contributed by atoms with E-state index in [9.17, 15) is 0 Å². The number of aliphatic carboxylic acids is 2. The van der Waals surface area contributed by atoms with Gasteiger partial charge in [-0.3, -0.25) is 0 Å². The van der Waals surface area contributed by atoms with Crippen LogP contribution in [0.25, 0.3) is 0 Å². The normalized spacial score (nSPS) is 11.6. The Hall–Kier alpha value is -1.54. The summed E-state index contributed by atoms with van der Waals surface area (Å²) < 4.78 is 8.06. The molecule has 7 nitrogen and oxygen atoms in total. The Morgan fingerprint density at radius 2 is 1.47 bits per heavy atom. The van der Waals surface area contributed by atoms with Crippen molar-refractivity contribution in [1.82, 2.24) is 9.55 Å². The van der Waals surface area contributed by atoms with Crippen molar-refractivity contribution in [3.63, 3.8) is 0 Å². The lowest BCUT2D eigenvalue weighted by atomic mass is 10.1. The summed E-state index contributed by atoms with van der Waals surface area (Å²) in [6, 6.07) is 0. The molecule has 0 aliphatic carbocycles. The standard InChI is InChI=1S/C22H42N2OS.C2H2O4/c1-3-5-7-8-9-10-11-12-13-14-18-26-22(20-25-17-6-4-2)19-24-16-15-23-21-24;3-1(4)2(5)6/h15-16,21-22H,3-14,17-20H2,1-2H3;(H,3,4)(H,5,6). The lowest BCUT2D eigenvalue weighted by Gasteiger charge is -2.17. The molecule has 0 aliphatic rings. The predicted octanol–water partition coefficient (Wildman–Crippen LogP) is 5.88. The Morgan fingerprint density at radius 1 is 0.906 bits per heavy atom. The van der Waals surface area contributed by atoms with Crippen molar-refractivity contribution in [1.29, 1.82) is 0 Å². The zero-order chi connectivity index (χ0) is 23.9. The number of ether oxygens (including phenoxy) is 1. The van der Waals surface area contributed by atoms with Crippen LogP contribution in [0.4, 0.5) is 0 Å². The van der Waals surface area contributed by atoms with E-state index in [1.807, 2.05) is 12.5 Å². The number of carbonyl (C=O) groups is 2. The molecule has 0 spiro atoms. The molecular formula is C24H44N2O5S. The molecular weight excluding hydrogens is 428 g/mol. The highest BCUT2D eigenvalue weighted by atomic mass is 32.2. The monoisotopic (exact) mass is 472 g/mol. The first-order valence-electron chi connectivity index (χ1n) is 12.1. The van der Waals surface area contributed by atoms with Crippen LogP contribution in [0, 0.1) is 0 Å². The highest BCUT2D eigenvalue weighted by Crippen LogP contribution is 2.18. The van der Waals surface area contributed by atoms with Crippen molar-refractivity contribution >= 4 is 23.7 Å². The largest absolute Gasteiger partial charge is 0.473 e. The molecule has 0 radical (unpaired) electrons. The van der Waals surface area contributed by atoms with Gasteiger partial charge in [0.1, 0.15) is 0 Å². The first kappa shape index (κ1) is 30.5. The lowest BCUT2D eigenvalue weighted by molar-refractivity contribution is -0.159. The van der Waals surface area contributed by atoms with Gasteiger partial charge in [0.15, 0.2) is 0 Å². The highest BCUT2D eigenvalue weighted by molar-refractivity contribution is 7.99. The number of carboxylic acid groups (broad SMARTS) is 2. The SMILES string of the molecule is CCCCCCCCCCCCSC(COCCCC)Cn1ccnc1.O=C(O)C(=O)O. The van der Waals surface area contributed by atoms with Gasteiger partial charge in [-0.1, -0.05) is 78.1 Å². The fourth-order valence-corrected chi connectivity index (χ4v) is 4.26. The lowest BCUT2D eigenvalue weighted by Crippen LogP contribution is -2.19. The van der Waals surface area contributed by atoms with Crippen molar-refractivity contribution < 1.29 is 24.5 Å². The first-order valence-corrected chi connectivity index (χ1v) is 13.2. The highest BCUT2D eigenvalue weighted by Gasteiger charge is 2.10. The number of unbranched alkanes of at least 4 members (excludes halogenated alkanes) is 10. The number of imidazole rings is 1. The van der Waals surface area contributed by atoms with Gasteiger partial charge in [0, 0.05) is 30.8 Å². The van der Waals surface area contributed by atoms with Crippen LogP contribution in [-0.2, 0) is 20.9 Å². The minimum absolute atomic E-state index is 0.541. The number of thioether (sulfide) groups is 1. The topological polar surface area (TPSA) is 102 Å². The molecule has 8 heteroatoms. The van der Waals surface area contributed by atoms with Crippen molar-refractivity contribution in [3.8, 4) is 0 Å². The number of hydrogen-bond donors (Lipinski definition) is 2. The molecule has 0 aromatic carbocycles. The summed E-state index contributed by atoms with van der Waals surface area (Å²) in [6.07, 6.45) is 22.3. The van der Waals surface area contributed by atoms with E-state index < -0.39 is 11.9 Å². The summed E-state index contributed by atoms with van der Waals surface area (Å²) in [5.41, 5.74) is 0. The first-order chi connectivity index (χ1) is 15.5. The number of rotatable bonds is 19. The molecule has 32 heavy (non-hydrogen) atoms. The smallest absolute Gasteiger partial charge is 0.414 e. The van der Waals surface area contributed by atoms with Crippen molar-refractivity contribution in [2.45, 2.75) is 103 Å². The Bertz CT molecular complexity index is 543. The van der Waals surface area contributed by atoms with E-state index in [0.717, 1.165) is 19.8 Å². The van der Waals surface area contributed by atoms with Crippen LogP contribution in [0.2, 0.25) is 0 Å². The zero-order valence-corrected chi connectivity index (χ0v) is 20.9. The summed E-state index contributed by atoms with van der Waals surface area (Å²) in [6.45, 7) is 7.27. The maximum Gasteiger partial charge on any atom is 0.414 e. The van der Waals surface area contributed by atoms with Gasteiger partial charge in [-0.15, -0.1) is 0 Å². The minimum atomic E-state index is -1.82. The van der Waals surface area contributed by atoms with E-state index in [0.29, 0.717) is 5.25 Å². The van der Waals surface area contributed by atoms with Gasteiger partial charge in [0.2, 0.25) is 0 Å². The van der Waals surface area contributed by atoms with E-state index in [4.69, 9.17) is 24.5 Å². The molecule has 1 rings (SSSR count). The molecule has 0 amide bonds. The summed E-state index contributed by atoms with van der Waals surface area (Å²) in [7, 11) is 0. The molecule has 0 aliphatic heterocycles. The second-order valence-electron chi connectivity index (χ2n) is 7.97. The number of hydrogen-bond acceptors (Lipinski definition) is 5. The zero-order valence-electron chi connectivity index (χ0n) is 20.0. The molecule has 1 aromatic heterocycles. The van der Waals surface area contributed by atoms with Gasteiger partial charge in [-0.05, 0) is 18.6 Å². The molecule has 186 valence electrons. The van der Waals surface area contributed by atoms with Gasteiger partial charge >= 0.3 is 11.9 Å². The van der Waals surface area contributed by atoms with Crippen LogP contribution < -0.4 is 0 Å². The van der Waals surface area contributed by atoms with Gasteiger partial charge in [0.25, 0.3) is 0 Å². The van der Waals surface area contributed by atoms with Crippen molar-refractivity contribution in [2.24, 2.45) is 0 Å². The van der Waals surface area contributed by atoms with Crippen LogP contribution >= 0.6 is 11.8 Å². The van der Waals surface area contributed by atoms with Gasteiger partial charge in [-0.25, -0.2) is 14.6 Å². The summed E-state index contributed by atoms with van der Waals surface area (Å²) in [5.74, 6) is -2.39. The quantitative estimate of drug-likeness (QED) is 0.191. The van der Waals surface area contributed by atoms with Crippen molar-refractivity contribution in [3.05, 3.63) is 18.7 Å². The Labute approximate surface area is 198 Å². The van der Waals surface area contributed by atoms with Gasteiger partial charge in [0.05, 0.1) is 12.9 Å². The molecule has 1 atom stereocenters. The second kappa shape index (κ2) is 22.6. The third kappa shape index (κ3) is 20.4. The van der Waals surface area contributed by atoms with Crippen molar-refractivity contribution in [2.75, 3.05) is 19.0 Å². The Morgan fingerprint density at radius 3 is 1.97 bits per heavy atom. The molecule has 0 saturated heterocycles. The van der Waals surface area contributed by atoms with Gasteiger partial charge in [-0.2, -0.15) is 11.8 Å². The fraction of sp³-hybridized carbons (Fsp3) is 0.792. The Balaban J connectivity index is 0.00000140. The molecule has 1 heterocycles. The van der Waals surface area contributed by atoms with Crippen LogP contribution in [-0.4, -0.2) is 55.9 Å². The third-order valence-electron chi connectivity index (χ3n) is 4.95. The summed E-state index contributed by atoms with van der Waals surface area (Å²) in [5, 5.41) is 15.3. The maximum absolute atomic E-state index is 9.10. The summed E-state index contributed by atoms with van der Waals surface area (Å²) in [4.78, 5) is 22.4. The number of aromatic nitrogens is 2. The number of nitrogens with zero attached hydrogens (tertiary/aromatic N) is 2. The van der Waals surface area contributed by atoms with Crippen LogP contribution in [0.15, 0.2) is 18.7 Å². The van der Waals surface area contributed by atoms with Crippen LogP contribution in [0.1, 0.15) is 90.9 Å². The van der Waals surface area contributed by atoms with E-state index in [2.05, 4.69) is 41.4 Å². The second-order valence-corrected chi connectivity index (χ2v) is 9.38. The third-order valence-corrected chi connectivity index (χ3v) is 6.23. The molecule has 1 aromatic rings. The van der Waals surface area contributed by atoms with E-state index in [1.54, 1.807) is 0 Å². The van der Waals surface area contributed by atoms with Gasteiger partial charge < -0.3 is 19.5 Å². The van der Waals surface area contributed by atoms with E-state index in [1.165, 1.54) is 82.8 Å². The van der Waals surface area contributed by atoms with Crippen LogP contribution in [0.5, 0.6) is 0 Å². The predicted molar refractivity (Wildman–Crippen MR) is 131 cm³/mol.